The summed E-state index contributed by atoms with van der Waals surface area (Å²) in [6.45, 7) is 5.32. The van der Waals surface area contributed by atoms with E-state index >= 15 is 0 Å². The van der Waals surface area contributed by atoms with E-state index in [-0.39, 0.29) is 0 Å². The van der Waals surface area contributed by atoms with Gasteiger partial charge in [0.15, 0.2) is 16.6 Å². The maximum Gasteiger partial charge on any atom is 0.231 e. The molecule has 0 unspecified atom stereocenters. The molecule has 128 valence electrons. The first-order valence-corrected chi connectivity index (χ1v) is 9.23. The molecular weight excluding hydrogens is 336 g/mol. The van der Waals surface area contributed by atoms with Gasteiger partial charge in [-0.15, -0.1) is 0 Å². The fraction of sp³-hybridized carbons (Fsp3) is 0.333. The zero-order chi connectivity index (χ0) is 16.6. The molecule has 0 amide bonds. The van der Waals surface area contributed by atoms with Gasteiger partial charge in [-0.1, -0.05) is 17.4 Å². The van der Waals surface area contributed by atoms with Crippen LogP contribution in [0.4, 0.5) is 5.13 Å². The Kier molecular flexibility index (Phi) is 3.68. The standard InChI is InChI=1S/C18H18N4O2S/c1-2-15-16(24-12-23-15)9-13(1)11-21-5-7-22(8-6-21)18-20-14-10-19-4-3-17(14)25-18/h1-4,9-10H,5-8,11-12H2. The summed E-state index contributed by atoms with van der Waals surface area (Å²) < 4.78 is 12.1. The minimum Gasteiger partial charge on any atom is -0.454 e. The van der Waals surface area contributed by atoms with Crippen molar-refractivity contribution in [2.75, 3.05) is 37.9 Å². The highest BCUT2D eigenvalue weighted by Gasteiger charge is 2.21. The summed E-state index contributed by atoms with van der Waals surface area (Å²) in [5.74, 6) is 1.71. The van der Waals surface area contributed by atoms with E-state index in [1.165, 1.54) is 10.3 Å². The van der Waals surface area contributed by atoms with Crippen molar-refractivity contribution in [3.8, 4) is 11.5 Å². The predicted octanol–water partition coefficient (Wildman–Crippen LogP) is 2.74. The molecule has 1 saturated heterocycles. The van der Waals surface area contributed by atoms with E-state index in [1.54, 1.807) is 11.3 Å². The number of fused-ring (bicyclic) bond motifs is 2. The number of thiazole rings is 1. The Hall–Kier alpha value is -2.38. The summed E-state index contributed by atoms with van der Waals surface area (Å²) in [5.41, 5.74) is 2.26. The lowest BCUT2D eigenvalue weighted by atomic mass is 10.1. The number of ether oxygens (including phenoxy) is 2. The van der Waals surface area contributed by atoms with Gasteiger partial charge < -0.3 is 14.4 Å². The Morgan fingerprint density at radius 2 is 1.92 bits per heavy atom. The van der Waals surface area contributed by atoms with Crippen molar-refractivity contribution >= 4 is 26.7 Å². The van der Waals surface area contributed by atoms with Crippen molar-refractivity contribution in [1.29, 1.82) is 0 Å². The van der Waals surface area contributed by atoms with Crippen LogP contribution in [0.15, 0.2) is 36.7 Å². The average Bonchev–Trinajstić information content (AvgIpc) is 3.28. The van der Waals surface area contributed by atoms with E-state index < -0.39 is 0 Å². The molecule has 2 aromatic heterocycles. The quantitative estimate of drug-likeness (QED) is 0.721. The zero-order valence-electron chi connectivity index (χ0n) is 13.7. The monoisotopic (exact) mass is 354 g/mol. The smallest absolute Gasteiger partial charge is 0.231 e. The van der Waals surface area contributed by atoms with Crippen LogP contribution in [0.25, 0.3) is 10.2 Å². The minimum atomic E-state index is 0.329. The van der Waals surface area contributed by atoms with Gasteiger partial charge in [0.1, 0.15) is 5.52 Å². The molecule has 0 spiro atoms. The molecule has 1 aromatic carbocycles. The number of rotatable bonds is 3. The van der Waals surface area contributed by atoms with Gasteiger partial charge in [-0.05, 0) is 23.8 Å². The van der Waals surface area contributed by atoms with Crippen LogP contribution < -0.4 is 14.4 Å². The van der Waals surface area contributed by atoms with Gasteiger partial charge >= 0.3 is 0 Å². The summed E-state index contributed by atoms with van der Waals surface area (Å²) in [6.07, 6.45) is 3.67. The highest BCUT2D eigenvalue weighted by Crippen LogP contribution is 2.33. The van der Waals surface area contributed by atoms with Crippen LogP contribution in [0.5, 0.6) is 11.5 Å². The third-order valence-corrected chi connectivity index (χ3v) is 5.76. The first kappa shape index (κ1) is 14.9. The van der Waals surface area contributed by atoms with Crippen molar-refractivity contribution in [3.05, 3.63) is 42.2 Å². The predicted molar refractivity (Wildman–Crippen MR) is 97.5 cm³/mol. The van der Waals surface area contributed by atoms with Crippen molar-refractivity contribution in [3.63, 3.8) is 0 Å². The van der Waals surface area contributed by atoms with E-state index in [4.69, 9.17) is 14.5 Å². The zero-order valence-corrected chi connectivity index (χ0v) is 14.5. The molecule has 6 nitrogen and oxygen atoms in total. The van der Waals surface area contributed by atoms with Gasteiger partial charge in [0.25, 0.3) is 0 Å². The topological polar surface area (TPSA) is 50.7 Å². The molecule has 5 rings (SSSR count). The van der Waals surface area contributed by atoms with Crippen LogP contribution in [-0.4, -0.2) is 47.8 Å². The van der Waals surface area contributed by atoms with Gasteiger partial charge in [-0.25, -0.2) is 4.98 Å². The van der Waals surface area contributed by atoms with E-state index in [9.17, 15) is 0 Å². The van der Waals surface area contributed by atoms with E-state index in [2.05, 4.69) is 26.9 Å². The maximum absolute atomic E-state index is 5.47. The van der Waals surface area contributed by atoms with Crippen LogP contribution in [0, 0.1) is 0 Å². The normalized spacial score (nSPS) is 17.4. The molecule has 2 aliphatic rings. The molecule has 0 N–H and O–H groups in total. The maximum atomic E-state index is 5.47. The lowest BCUT2D eigenvalue weighted by molar-refractivity contribution is 0.174. The lowest BCUT2D eigenvalue weighted by Crippen LogP contribution is -2.45. The van der Waals surface area contributed by atoms with Crippen LogP contribution in [-0.2, 0) is 6.54 Å². The molecule has 0 bridgehead atoms. The van der Waals surface area contributed by atoms with E-state index in [1.807, 2.05) is 24.5 Å². The first-order chi connectivity index (χ1) is 12.3. The molecule has 7 heteroatoms. The van der Waals surface area contributed by atoms with Crippen molar-refractivity contribution in [2.45, 2.75) is 6.54 Å². The number of hydrogen-bond acceptors (Lipinski definition) is 7. The molecule has 1 fully saturated rings. The molecule has 4 heterocycles. The highest BCUT2D eigenvalue weighted by atomic mass is 32.1. The largest absolute Gasteiger partial charge is 0.454 e. The Morgan fingerprint density at radius 3 is 2.80 bits per heavy atom. The Bertz CT molecular complexity index is 872. The number of piperazine rings is 1. The van der Waals surface area contributed by atoms with Crippen molar-refractivity contribution in [2.24, 2.45) is 0 Å². The average molecular weight is 354 g/mol. The summed E-state index contributed by atoms with van der Waals surface area (Å²) in [4.78, 5) is 13.7. The molecule has 0 radical (unpaired) electrons. The van der Waals surface area contributed by atoms with Gasteiger partial charge in [0.05, 0.1) is 10.9 Å². The molecule has 0 saturated carbocycles. The second kappa shape index (κ2) is 6.16. The number of pyridine rings is 1. The van der Waals surface area contributed by atoms with Crippen molar-refractivity contribution < 1.29 is 9.47 Å². The number of benzene rings is 1. The molecule has 0 aliphatic carbocycles. The number of nitrogens with zero attached hydrogens (tertiary/aromatic N) is 4. The number of anilines is 1. The van der Waals surface area contributed by atoms with Gasteiger partial charge in [0.2, 0.25) is 6.79 Å². The van der Waals surface area contributed by atoms with Crippen LogP contribution in [0.2, 0.25) is 0 Å². The summed E-state index contributed by atoms with van der Waals surface area (Å²) in [5, 5.41) is 1.10. The van der Waals surface area contributed by atoms with Crippen LogP contribution in [0.3, 0.4) is 0 Å². The second-order valence-corrected chi connectivity index (χ2v) is 7.30. The number of hydrogen-bond donors (Lipinski definition) is 0. The molecule has 25 heavy (non-hydrogen) atoms. The molecule has 3 aromatic rings. The fourth-order valence-corrected chi connectivity index (χ4v) is 4.28. The van der Waals surface area contributed by atoms with Gasteiger partial charge in [-0.2, -0.15) is 0 Å². The third-order valence-electron chi connectivity index (χ3n) is 4.66. The van der Waals surface area contributed by atoms with Gasteiger partial charge in [0, 0.05) is 38.9 Å². The van der Waals surface area contributed by atoms with Crippen LogP contribution >= 0.6 is 11.3 Å². The molecular formula is C18H18N4O2S. The van der Waals surface area contributed by atoms with E-state index in [0.717, 1.165) is 54.9 Å². The lowest BCUT2D eigenvalue weighted by Gasteiger charge is -2.34. The third kappa shape index (κ3) is 2.89. The summed E-state index contributed by atoms with van der Waals surface area (Å²) in [7, 11) is 0. The van der Waals surface area contributed by atoms with Gasteiger partial charge in [-0.3, -0.25) is 9.88 Å². The Labute approximate surface area is 149 Å². The van der Waals surface area contributed by atoms with Crippen molar-refractivity contribution in [1.82, 2.24) is 14.9 Å². The second-order valence-electron chi connectivity index (χ2n) is 6.29. The molecule has 2 aliphatic heterocycles. The number of aromatic nitrogens is 2. The minimum absolute atomic E-state index is 0.329. The highest BCUT2D eigenvalue weighted by molar-refractivity contribution is 7.22. The van der Waals surface area contributed by atoms with E-state index in [0.29, 0.717) is 6.79 Å². The van der Waals surface area contributed by atoms with Crippen LogP contribution in [0.1, 0.15) is 5.56 Å². The Balaban J connectivity index is 1.23. The molecule has 0 atom stereocenters. The first-order valence-electron chi connectivity index (χ1n) is 8.41. The SMILES string of the molecule is c1cc2sc(N3CCN(Cc4ccc5c(c4)OCO5)CC3)nc2cn1. The summed E-state index contributed by atoms with van der Waals surface area (Å²) in [6, 6.07) is 8.26. The Morgan fingerprint density at radius 1 is 1.04 bits per heavy atom. The fourth-order valence-electron chi connectivity index (χ4n) is 3.30. The summed E-state index contributed by atoms with van der Waals surface area (Å²) >= 11 is 1.75.